The summed E-state index contributed by atoms with van der Waals surface area (Å²) in [6, 6.07) is 14.9. The number of carbonyl (C=O) groups is 1. The molecule has 0 aliphatic carbocycles. The van der Waals surface area contributed by atoms with Gasteiger partial charge in [-0.3, -0.25) is 24.3 Å². The van der Waals surface area contributed by atoms with Crippen LogP contribution in [-0.2, 0) is 4.79 Å². The molecule has 11 heteroatoms. The molecule has 0 unspecified atom stereocenters. The molecule has 0 saturated heterocycles. The second kappa shape index (κ2) is 10.1. The highest BCUT2D eigenvalue weighted by molar-refractivity contribution is 7.07. The highest BCUT2D eigenvalue weighted by atomic mass is 35.5. The smallest absolute Gasteiger partial charge is 0.288 e. The molecule has 0 fully saturated rings. The Morgan fingerprint density at radius 1 is 1.18 bits per heavy atom. The van der Waals surface area contributed by atoms with Gasteiger partial charge in [-0.05, 0) is 55.8 Å². The van der Waals surface area contributed by atoms with Crippen LogP contribution in [0.5, 0.6) is 0 Å². The van der Waals surface area contributed by atoms with Crippen LogP contribution in [0.2, 0.25) is 5.02 Å². The van der Waals surface area contributed by atoms with Gasteiger partial charge in [0.2, 0.25) is 0 Å². The van der Waals surface area contributed by atoms with E-state index >= 15 is 0 Å². The van der Waals surface area contributed by atoms with Gasteiger partial charge in [-0.25, -0.2) is 4.99 Å². The molecule has 0 radical (unpaired) electrons. The molecule has 1 aliphatic heterocycles. The fourth-order valence-corrected chi connectivity index (χ4v) is 5.77. The summed E-state index contributed by atoms with van der Waals surface area (Å²) >= 11 is 7.13. The molecule has 39 heavy (non-hydrogen) atoms. The first-order valence-corrected chi connectivity index (χ1v) is 13.1. The lowest BCUT2D eigenvalue weighted by Gasteiger charge is -2.25. The highest BCUT2D eigenvalue weighted by Gasteiger charge is 2.30. The normalized spacial score (nSPS) is 15.2. The SMILES string of the molecule is CC(=O)C1=C(C)N=c2s/c(=C/c3ccc(-c4ccc(Cl)c([N+](=O)[O-])c4)o3)c(=O)n2[C@H]1c1ccc(N(C)C)cc1. The molecule has 2 aromatic carbocycles. The Hall–Kier alpha value is -4.28. The van der Waals surface area contributed by atoms with Gasteiger partial charge >= 0.3 is 0 Å². The number of allylic oxidation sites excluding steroid dienone is 2. The zero-order valence-corrected chi connectivity index (χ0v) is 23.0. The lowest BCUT2D eigenvalue weighted by Crippen LogP contribution is -2.39. The average Bonchev–Trinajstić information content (AvgIpc) is 3.47. The number of halogens is 1. The number of aromatic nitrogens is 1. The number of anilines is 1. The van der Waals surface area contributed by atoms with E-state index in [1.165, 1.54) is 30.4 Å². The molecule has 198 valence electrons. The number of nitro groups is 1. The van der Waals surface area contributed by atoms with E-state index in [9.17, 15) is 19.7 Å². The van der Waals surface area contributed by atoms with Crippen LogP contribution in [0.3, 0.4) is 0 Å². The molecule has 1 aliphatic rings. The number of hydrogen-bond acceptors (Lipinski definition) is 8. The number of Topliss-reactive ketones (excluding diaryl/α,β-unsaturated/α-hetero) is 1. The first-order chi connectivity index (χ1) is 18.5. The van der Waals surface area contributed by atoms with Gasteiger partial charge in [-0.1, -0.05) is 35.1 Å². The Kier molecular flexibility index (Phi) is 6.83. The Balaban J connectivity index is 1.60. The van der Waals surface area contributed by atoms with Crippen LogP contribution < -0.4 is 19.8 Å². The van der Waals surface area contributed by atoms with E-state index in [1.807, 2.05) is 43.3 Å². The van der Waals surface area contributed by atoms with E-state index in [4.69, 9.17) is 16.0 Å². The third-order valence-electron chi connectivity index (χ3n) is 6.45. The van der Waals surface area contributed by atoms with Crippen LogP contribution in [0, 0.1) is 10.1 Å². The predicted molar refractivity (Wildman–Crippen MR) is 151 cm³/mol. The second-order valence-electron chi connectivity index (χ2n) is 9.25. The van der Waals surface area contributed by atoms with Crippen LogP contribution in [0.15, 0.2) is 80.1 Å². The molecule has 1 atom stereocenters. The van der Waals surface area contributed by atoms with Crippen molar-refractivity contribution in [2.75, 3.05) is 19.0 Å². The van der Waals surface area contributed by atoms with Crippen molar-refractivity contribution >= 4 is 46.2 Å². The van der Waals surface area contributed by atoms with Crippen LogP contribution in [0.4, 0.5) is 11.4 Å². The van der Waals surface area contributed by atoms with Crippen LogP contribution >= 0.6 is 22.9 Å². The van der Waals surface area contributed by atoms with Gasteiger partial charge in [-0.2, -0.15) is 0 Å². The third kappa shape index (κ3) is 4.84. The third-order valence-corrected chi connectivity index (χ3v) is 7.76. The Bertz CT molecular complexity index is 1850. The number of benzene rings is 2. The van der Waals surface area contributed by atoms with Crippen molar-refractivity contribution in [1.82, 2.24) is 4.57 Å². The maximum absolute atomic E-state index is 13.7. The number of rotatable bonds is 6. The number of carbonyl (C=O) groups excluding carboxylic acids is 1. The first kappa shape index (κ1) is 26.3. The number of hydrogen-bond donors (Lipinski definition) is 0. The summed E-state index contributed by atoms with van der Waals surface area (Å²) in [5.41, 5.74) is 2.79. The number of ketones is 1. The lowest BCUT2D eigenvalue weighted by molar-refractivity contribution is -0.384. The van der Waals surface area contributed by atoms with Gasteiger partial charge in [-0.15, -0.1) is 0 Å². The molecule has 0 N–H and O–H groups in total. The standard InChI is InChI=1S/C28H23ClN4O5S/c1-15-25(16(2)34)26(17-5-8-19(9-6-17)31(3)4)32-27(35)24(39-28(32)30-15)14-20-10-12-23(38-20)18-7-11-21(29)22(13-18)33(36)37/h5-14,26H,1-4H3/b24-14+/t26-/m0/s1. The maximum Gasteiger partial charge on any atom is 0.288 e. The topological polar surface area (TPSA) is 111 Å². The molecule has 0 amide bonds. The van der Waals surface area contributed by atoms with E-state index in [0.717, 1.165) is 11.3 Å². The van der Waals surface area contributed by atoms with Gasteiger partial charge in [0.1, 0.15) is 16.5 Å². The number of thiazole rings is 1. The number of nitrogens with zero attached hydrogens (tertiary/aromatic N) is 4. The lowest BCUT2D eigenvalue weighted by atomic mass is 9.93. The monoisotopic (exact) mass is 562 g/mol. The fraction of sp³-hybridized carbons (Fsp3) is 0.179. The zero-order chi connectivity index (χ0) is 28.0. The minimum atomic E-state index is -0.612. The van der Waals surface area contributed by atoms with Crippen molar-refractivity contribution < 1.29 is 14.1 Å². The minimum absolute atomic E-state index is 0.0303. The van der Waals surface area contributed by atoms with E-state index in [-0.39, 0.29) is 22.1 Å². The second-order valence-corrected chi connectivity index (χ2v) is 10.7. The molecular weight excluding hydrogens is 540 g/mol. The summed E-state index contributed by atoms with van der Waals surface area (Å²) in [7, 11) is 3.88. The molecule has 4 aromatic rings. The van der Waals surface area contributed by atoms with E-state index in [2.05, 4.69) is 4.99 Å². The molecule has 0 spiro atoms. The van der Waals surface area contributed by atoms with Crippen LogP contribution in [-0.4, -0.2) is 29.4 Å². The Labute approximate surface area is 231 Å². The van der Waals surface area contributed by atoms with E-state index in [1.54, 1.807) is 35.8 Å². The quantitative estimate of drug-likeness (QED) is 0.248. The fourth-order valence-electron chi connectivity index (χ4n) is 4.56. The van der Waals surface area contributed by atoms with Crippen LogP contribution in [0.1, 0.15) is 31.2 Å². The van der Waals surface area contributed by atoms with Crippen molar-refractivity contribution in [2.24, 2.45) is 4.99 Å². The number of fused-ring (bicyclic) bond motifs is 1. The van der Waals surface area contributed by atoms with Gasteiger partial charge in [0.25, 0.3) is 11.2 Å². The summed E-state index contributed by atoms with van der Waals surface area (Å²) in [4.78, 5) is 44.1. The van der Waals surface area contributed by atoms with Crippen molar-refractivity contribution in [2.45, 2.75) is 19.9 Å². The Morgan fingerprint density at radius 2 is 1.90 bits per heavy atom. The minimum Gasteiger partial charge on any atom is -0.457 e. The Morgan fingerprint density at radius 3 is 2.54 bits per heavy atom. The number of furan rings is 1. The van der Waals surface area contributed by atoms with Crippen molar-refractivity contribution in [3.8, 4) is 11.3 Å². The predicted octanol–water partition coefficient (Wildman–Crippen LogP) is 4.71. The molecule has 2 aromatic heterocycles. The summed E-state index contributed by atoms with van der Waals surface area (Å²) in [6.45, 7) is 3.26. The van der Waals surface area contributed by atoms with Gasteiger partial charge in [0.05, 0.1) is 15.5 Å². The van der Waals surface area contributed by atoms with E-state index < -0.39 is 11.0 Å². The zero-order valence-electron chi connectivity index (χ0n) is 21.5. The van der Waals surface area contributed by atoms with Crippen molar-refractivity contribution in [1.29, 1.82) is 0 Å². The maximum atomic E-state index is 13.7. The van der Waals surface area contributed by atoms with Crippen molar-refractivity contribution in [3.63, 3.8) is 0 Å². The largest absolute Gasteiger partial charge is 0.457 e. The number of nitro benzene ring substituents is 1. The average molecular weight is 563 g/mol. The summed E-state index contributed by atoms with van der Waals surface area (Å²) < 4.78 is 7.83. The van der Waals surface area contributed by atoms with E-state index in [0.29, 0.717) is 37.7 Å². The van der Waals surface area contributed by atoms with Crippen molar-refractivity contribution in [3.05, 3.63) is 112 Å². The summed E-state index contributed by atoms with van der Waals surface area (Å²) in [6.07, 6.45) is 1.61. The summed E-state index contributed by atoms with van der Waals surface area (Å²) in [5, 5.41) is 11.3. The molecule has 0 bridgehead atoms. The molecule has 9 nitrogen and oxygen atoms in total. The molecule has 5 rings (SSSR count). The highest BCUT2D eigenvalue weighted by Crippen LogP contribution is 2.32. The summed E-state index contributed by atoms with van der Waals surface area (Å²) in [5.74, 6) is 0.629. The first-order valence-electron chi connectivity index (χ1n) is 11.9. The van der Waals surface area contributed by atoms with Crippen LogP contribution in [0.25, 0.3) is 17.4 Å². The molecular formula is C28H23ClN4O5S. The molecule has 0 saturated carbocycles. The van der Waals surface area contributed by atoms with Gasteiger partial charge in [0.15, 0.2) is 10.6 Å². The van der Waals surface area contributed by atoms with Gasteiger partial charge < -0.3 is 9.32 Å². The van der Waals surface area contributed by atoms with Gasteiger partial charge in [0, 0.05) is 48.8 Å². The molecule has 3 heterocycles.